The van der Waals surface area contributed by atoms with Crippen molar-refractivity contribution in [1.82, 2.24) is 4.98 Å². The fraction of sp³-hybridized carbons (Fsp3) is 0.312. The Morgan fingerprint density at radius 3 is 2.41 bits per heavy atom. The number of hydrogen-bond acceptors (Lipinski definition) is 6. The van der Waals surface area contributed by atoms with Crippen molar-refractivity contribution in [3.63, 3.8) is 0 Å². The van der Waals surface area contributed by atoms with Crippen LogP contribution in [0.15, 0.2) is 24.3 Å². The van der Waals surface area contributed by atoms with E-state index in [0.717, 1.165) is 0 Å². The van der Waals surface area contributed by atoms with Gasteiger partial charge in [-0.15, -0.1) is 0 Å². The van der Waals surface area contributed by atoms with Crippen molar-refractivity contribution in [2.24, 2.45) is 0 Å². The monoisotopic (exact) mass is 303 g/mol. The Hall–Kier alpha value is -2.63. The van der Waals surface area contributed by atoms with Crippen LogP contribution in [0.4, 0.5) is 0 Å². The third-order valence-corrected chi connectivity index (χ3v) is 2.99. The van der Waals surface area contributed by atoms with Crippen LogP contribution in [0.1, 0.15) is 34.7 Å². The number of methoxy groups -OCH3 is 1. The lowest BCUT2D eigenvalue weighted by Crippen LogP contribution is -2.16. The number of nitrogens with zero attached hydrogens (tertiary/aromatic N) is 1. The first-order valence-electron chi connectivity index (χ1n) is 6.94. The molecule has 0 amide bonds. The number of ether oxygens (including phenoxy) is 3. The quantitative estimate of drug-likeness (QED) is 0.790. The normalized spacial score (nSPS) is 10.3. The Morgan fingerprint density at radius 2 is 1.77 bits per heavy atom. The first-order chi connectivity index (χ1) is 10.6. The second-order valence-corrected chi connectivity index (χ2v) is 4.36. The molecule has 0 atom stereocenters. The van der Waals surface area contributed by atoms with Crippen molar-refractivity contribution >= 4 is 22.8 Å². The molecule has 0 aliphatic heterocycles. The Labute approximate surface area is 128 Å². The number of pyridine rings is 1. The van der Waals surface area contributed by atoms with Crippen LogP contribution in [-0.4, -0.2) is 37.2 Å². The molecule has 0 radical (unpaired) electrons. The number of benzene rings is 1. The van der Waals surface area contributed by atoms with Crippen LogP contribution in [0.5, 0.6) is 5.75 Å². The molecule has 0 aliphatic rings. The minimum absolute atomic E-state index is 0.0719. The van der Waals surface area contributed by atoms with E-state index in [1.165, 1.54) is 7.11 Å². The van der Waals surface area contributed by atoms with Gasteiger partial charge in [-0.2, -0.15) is 0 Å². The Morgan fingerprint density at radius 1 is 1.09 bits per heavy atom. The lowest BCUT2D eigenvalue weighted by molar-refractivity contribution is 0.0474. The molecular formula is C16H17NO5. The Bertz CT molecular complexity index is 711. The van der Waals surface area contributed by atoms with E-state index >= 15 is 0 Å². The number of carbonyl (C=O) groups is 2. The maximum Gasteiger partial charge on any atom is 0.357 e. The van der Waals surface area contributed by atoms with Gasteiger partial charge >= 0.3 is 11.9 Å². The third kappa shape index (κ3) is 3.00. The van der Waals surface area contributed by atoms with Gasteiger partial charge in [0.05, 0.1) is 25.9 Å². The summed E-state index contributed by atoms with van der Waals surface area (Å²) in [4.78, 5) is 28.4. The SMILES string of the molecule is CCOC(=O)c1cc2cccc(OC)c2nc1C(=O)OCC. The van der Waals surface area contributed by atoms with Crippen LogP contribution in [-0.2, 0) is 9.47 Å². The van der Waals surface area contributed by atoms with Gasteiger partial charge in [-0.05, 0) is 26.0 Å². The summed E-state index contributed by atoms with van der Waals surface area (Å²) in [5.74, 6) is -0.764. The lowest BCUT2D eigenvalue weighted by atomic mass is 10.1. The highest BCUT2D eigenvalue weighted by molar-refractivity contribution is 6.05. The molecule has 0 unspecified atom stereocenters. The predicted octanol–water partition coefficient (Wildman–Crippen LogP) is 2.60. The number of hydrogen-bond donors (Lipinski definition) is 0. The van der Waals surface area contributed by atoms with Crippen LogP contribution < -0.4 is 4.74 Å². The molecule has 6 heteroatoms. The van der Waals surface area contributed by atoms with Crippen LogP contribution >= 0.6 is 0 Å². The zero-order chi connectivity index (χ0) is 16.1. The van der Waals surface area contributed by atoms with Gasteiger partial charge in [0, 0.05) is 5.39 Å². The van der Waals surface area contributed by atoms with Gasteiger partial charge in [0.1, 0.15) is 11.3 Å². The number of para-hydroxylation sites is 1. The van der Waals surface area contributed by atoms with Crippen molar-refractivity contribution in [3.05, 3.63) is 35.5 Å². The van der Waals surface area contributed by atoms with Crippen LogP contribution in [0.3, 0.4) is 0 Å². The van der Waals surface area contributed by atoms with Gasteiger partial charge in [-0.25, -0.2) is 14.6 Å². The third-order valence-electron chi connectivity index (χ3n) is 2.99. The van der Waals surface area contributed by atoms with Gasteiger partial charge in [-0.3, -0.25) is 0 Å². The number of rotatable bonds is 5. The Balaban J connectivity index is 2.67. The molecule has 1 heterocycles. The molecule has 0 aliphatic carbocycles. The Kier molecular flexibility index (Phi) is 4.93. The van der Waals surface area contributed by atoms with E-state index < -0.39 is 11.9 Å². The van der Waals surface area contributed by atoms with E-state index in [4.69, 9.17) is 14.2 Å². The highest BCUT2D eigenvalue weighted by atomic mass is 16.5. The van der Waals surface area contributed by atoms with Crippen molar-refractivity contribution in [1.29, 1.82) is 0 Å². The second kappa shape index (κ2) is 6.89. The molecule has 116 valence electrons. The van der Waals surface area contributed by atoms with Gasteiger partial charge in [0.2, 0.25) is 0 Å². The molecule has 22 heavy (non-hydrogen) atoms. The van der Waals surface area contributed by atoms with Crippen molar-refractivity contribution in [2.75, 3.05) is 20.3 Å². The summed E-state index contributed by atoms with van der Waals surface area (Å²) in [7, 11) is 1.51. The molecule has 2 aromatic rings. The zero-order valence-corrected chi connectivity index (χ0v) is 12.7. The number of fused-ring (bicyclic) bond motifs is 1. The molecule has 0 saturated heterocycles. The first kappa shape index (κ1) is 15.8. The molecule has 0 bridgehead atoms. The fourth-order valence-corrected chi connectivity index (χ4v) is 2.06. The largest absolute Gasteiger partial charge is 0.494 e. The second-order valence-electron chi connectivity index (χ2n) is 4.36. The summed E-state index contributed by atoms with van der Waals surface area (Å²) in [6.07, 6.45) is 0. The predicted molar refractivity (Wildman–Crippen MR) is 80.2 cm³/mol. The van der Waals surface area contributed by atoms with Gasteiger partial charge < -0.3 is 14.2 Å². The summed E-state index contributed by atoms with van der Waals surface area (Å²) < 4.78 is 15.2. The van der Waals surface area contributed by atoms with Crippen molar-refractivity contribution in [2.45, 2.75) is 13.8 Å². The molecule has 1 aromatic carbocycles. The zero-order valence-electron chi connectivity index (χ0n) is 12.7. The van der Waals surface area contributed by atoms with E-state index in [2.05, 4.69) is 4.98 Å². The van der Waals surface area contributed by atoms with Gasteiger partial charge in [-0.1, -0.05) is 12.1 Å². The van der Waals surface area contributed by atoms with Crippen molar-refractivity contribution < 1.29 is 23.8 Å². The minimum atomic E-state index is -0.668. The average molecular weight is 303 g/mol. The van der Waals surface area contributed by atoms with E-state index in [1.807, 2.05) is 0 Å². The molecule has 0 fully saturated rings. The molecule has 0 N–H and O–H groups in total. The summed E-state index contributed by atoms with van der Waals surface area (Å²) >= 11 is 0. The van der Waals surface area contributed by atoms with Crippen LogP contribution in [0, 0.1) is 0 Å². The fourth-order valence-electron chi connectivity index (χ4n) is 2.06. The number of esters is 2. The molecule has 2 rings (SSSR count). The first-order valence-corrected chi connectivity index (χ1v) is 6.94. The van der Waals surface area contributed by atoms with E-state index in [9.17, 15) is 9.59 Å². The minimum Gasteiger partial charge on any atom is -0.494 e. The topological polar surface area (TPSA) is 74.7 Å². The van der Waals surface area contributed by atoms with E-state index in [1.54, 1.807) is 38.1 Å². The molecule has 6 nitrogen and oxygen atoms in total. The summed E-state index contributed by atoms with van der Waals surface area (Å²) in [5, 5.41) is 0.676. The summed E-state index contributed by atoms with van der Waals surface area (Å²) in [6, 6.07) is 6.85. The lowest BCUT2D eigenvalue weighted by Gasteiger charge is -2.11. The standard InChI is InChI=1S/C16H17NO5/c1-4-21-15(18)11-9-10-7-6-8-12(20-3)13(10)17-14(11)16(19)22-5-2/h6-9H,4-5H2,1-3H3. The van der Waals surface area contributed by atoms with E-state index in [-0.39, 0.29) is 24.5 Å². The molecular weight excluding hydrogens is 286 g/mol. The highest BCUT2D eigenvalue weighted by Crippen LogP contribution is 2.26. The average Bonchev–Trinajstić information content (AvgIpc) is 2.53. The molecule has 0 saturated carbocycles. The number of aromatic nitrogens is 1. The molecule has 0 spiro atoms. The van der Waals surface area contributed by atoms with E-state index in [0.29, 0.717) is 16.7 Å². The smallest absolute Gasteiger partial charge is 0.357 e. The van der Waals surface area contributed by atoms with Gasteiger partial charge in [0.15, 0.2) is 5.69 Å². The summed E-state index contributed by atoms with van der Waals surface area (Å²) in [6.45, 7) is 3.77. The van der Waals surface area contributed by atoms with Gasteiger partial charge in [0.25, 0.3) is 0 Å². The van der Waals surface area contributed by atoms with Crippen LogP contribution in [0.2, 0.25) is 0 Å². The van der Waals surface area contributed by atoms with Crippen molar-refractivity contribution in [3.8, 4) is 5.75 Å². The number of carbonyl (C=O) groups excluding carboxylic acids is 2. The molecule has 1 aromatic heterocycles. The highest BCUT2D eigenvalue weighted by Gasteiger charge is 2.23. The summed E-state index contributed by atoms with van der Waals surface area (Å²) in [5.41, 5.74) is 0.499. The maximum absolute atomic E-state index is 12.1. The van der Waals surface area contributed by atoms with Crippen LogP contribution in [0.25, 0.3) is 10.9 Å². The maximum atomic E-state index is 12.1.